The zero-order chi connectivity index (χ0) is 23.1. The SMILES string of the molecule is Cc1nc2c(C(N)=NC=N)cc(-c3ccnc(N)c3)cc2n1-c1ccnc2c(F)cccc12. The number of aromatic nitrogens is 4. The van der Waals surface area contributed by atoms with Crippen LogP contribution >= 0.6 is 0 Å². The third-order valence-corrected chi connectivity index (χ3v) is 5.46. The number of para-hydroxylation sites is 1. The van der Waals surface area contributed by atoms with Gasteiger partial charge in [-0.3, -0.25) is 15.0 Å². The molecule has 33 heavy (non-hydrogen) atoms. The molecule has 0 saturated heterocycles. The third kappa shape index (κ3) is 3.35. The van der Waals surface area contributed by atoms with Gasteiger partial charge in [-0.2, -0.15) is 0 Å². The van der Waals surface area contributed by atoms with E-state index in [0.717, 1.165) is 28.7 Å². The number of fused-ring (bicyclic) bond motifs is 2. The van der Waals surface area contributed by atoms with Crippen LogP contribution < -0.4 is 11.5 Å². The Morgan fingerprint density at radius 1 is 1.06 bits per heavy atom. The number of aliphatic imine (C=N–C) groups is 1. The summed E-state index contributed by atoms with van der Waals surface area (Å²) in [6.45, 7) is 1.86. The van der Waals surface area contributed by atoms with Crippen LogP contribution in [0.2, 0.25) is 0 Å². The molecule has 5 aromatic rings. The number of imidazole rings is 1. The summed E-state index contributed by atoms with van der Waals surface area (Å²) < 4.78 is 16.4. The molecule has 0 saturated carbocycles. The molecular formula is C24H19FN8. The number of nitrogens with two attached hydrogens (primary N) is 2. The smallest absolute Gasteiger partial charge is 0.149 e. The average molecular weight is 438 g/mol. The van der Waals surface area contributed by atoms with Crippen molar-refractivity contribution in [2.45, 2.75) is 6.92 Å². The highest BCUT2D eigenvalue weighted by Gasteiger charge is 2.19. The molecule has 0 aliphatic carbocycles. The topological polar surface area (TPSA) is 132 Å². The van der Waals surface area contributed by atoms with E-state index < -0.39 is 5.82 Å². The summed E-state index contributed by atoms with van der Waals surface area (Å²) in [6.07, 6.45) is 4.09. The number of nitrogens with zero attached hydrogens (tertiary/aromatic N) is 5. The second-order valence-corrected chi connectivity index (χ2v) is 7.46. The van der Waals surface area contributed by atoms with Crippen LogP contribution in [0.4, 0.5) is 10.2 Å². The van der Waals surface area contributed by atoms with E-state index in [0.29, 0.717) is 28.1 Å². The van der Waals surface area contributed by atoms with Gasteiger partial charge < -0.3 is 11.5 Å². The number of pyridine rings is 2. The fourth-order valence-corrected chi connectivity index (χ4v) is 4.05. The Labute approximate surface area is 188 Å². The fourth-order valence-electron chi connectivity index (χ4n) is 4.05. The molecule has 5 N–H and O–H groups in total. The van der Waals surface area contributed by atoms with Crippen molar-refractivity contribution in [3.8, 4) is 16.8 Å². The number of halogens is 1. The Morgan fingerprint density at radius 2 is 1.88 bits per heavy atom. The number of amidine groups is 1. The van der Waals surface area contributed by atoms with Crippen molar-refractivity contribution in [2.75, 3.05) is 5.73 Å². The summed E-state index contributed by atoms with van der Waals surface area (Å²) in [5.74, 6) is 0.828. The molecule has 2 aromatic carbocycles. The van der Waals surface area contributed by atoms with Crippen LogP contribution in [-0.4, -0.2) is 31.7 Å². The van der Waals surface area contributed by atoms with Crippen molar-refractivity contribution >= 4 is 39.9 Å². The molecule has 0 atom stereocenters. The van der Waals surface area contributed by atoms with Gasteiger partial charge >= 0.3 is 0 Å². The number of rotatable bonds is 4. The number of nitrogen functional groups attached to an aromatic ring is 1. The van der Waals surface area contributed by atoms with Crippen molar-refractivity contribution in [2.24, 2.45) is 10.7 Å². The maximum Gasteiger partial charge on any atom is 0.149 e. The van der Waals surface area contributed by atoms with Crippen molar-refractivity contribution in [1.29, 1.82) is 5.41 Å². The first-order valence-corrected chi connectivity index (χ1v) is 10.1. The van der Waals surface area contributed by atoms with E-state index >= 15 is 0 Å². The lowest BCUT2D eigenvalue weighted by molar-refractivity contribution is 0.636. The van der Waals surface area contributed by atoms with E-state index in [-0.39, 0.29) is 11.4 Å². The fraction of sp³-hybridized carbons (Fsp3) is 0.0417. The molecule has 0 aliphatic heterocycles. The predicted octanol–water partition coefficient (Wildman–Crippen LogP) is 3.98. The molecule has 0 fully saturated rings. The zero-order valence-corrected chi connectivity index (χ0v) is 17.6. The van der Waals surface area contributed by atoms with Gasteiger partial charge in [0.15, 0.2) is 0 Å². The summed E-state index contributed by atoms with van der Waals surface area (Å²) in [7, 11) is 0. The zero-order valence-electron chi connectivity index (χ0n) is 17.6. The lowest BCUT2D eigenvalue weighted by atomic mass is 10.0. The third-order valence-electron chi connectivity index (χ3n) is 5.46. The Kier molecular flexibility index (Phi) is 4.78. The van der Waals surface area contributed by atoms with E-state index in [1.54, 1.807) is 24.5 Å². The Hall–Kier alpha value is -4.66. The molecule has 162 valence electrons. The monoisotopic (exact) mass is 438 g/mol. The van der Waals surface area contributed by atoms with E-state index in [4.69, 9.17) is 21.9 Å². The van der Waals surface area contributed by atoms with Gasteiger partial charge in [0.25, 0.3) is 0 Å². The molecular weight excluding hydrogens is 419 g/mol. The van der Waals surface area contributed by atoms with Crippen LogP contribution in [0.25, 0.3) is 38.8 Å². The Morgan fingerprint density at radius 3 is 2.67 bits per heavy atom. The minimum Gasteiger partial charge on any atom is -0.384 e. The van der Waals surface area contributed by atoms with Crippen molar-refractivity contribution < 1.29 is 4.39 Å². The van der Waals surface area contributed by atoms with Gasteiger partial charge in [0.1, 0.15) is 40.7 Å². The molecule has 0 amide bonds. The number of nitrogens with one attached hydrogen (secondary N) is 1. The molecule has 0 bridgehead atoms. The first-order chi connectivity index (χ1) is 16.0. The van der Waals surface area contributed by atoms with Crippen LogP contribution in [0.5, 0.6) is 0 Å². The summed E-state index contributed by atoms with van der Waals surface area (Å²) in [6, 6.07) is 14.1. The lowest BCUT2D eigenvalue weighted by Crippen LogP contribution is -2.14. The minimum atomic E-state index is -0.396. The van der Waals surface area contributed by atoms with Crippen LogP contribution in [0, 0.1) is 18.2 Å². The first kappa shape index (κ1) is 20.3. The van der Waals surface area contributed by atoms with Crippen LogP contribution in [-0.2, 0) is 0 Å². The van der Waals surface area contributed by atoms with Crippen LogP contribution in [0.1, 0.15) is 11.4 Å². The maximum absolute atomic E-state index is 14.4. The second-order valence-electron chi connectivity index (χ2n) is 7.46. The van der Waals surface area contributed by atoms with E-state index in [1.165, 1.54) is 6.07 Å². The molecule has 5 rings (SSSR count). The highest BCUT2D eigenvalue weighted by atomic mass is 19.1. The van der Waals surface area contributed by atoms with Gasteiger partial charge in [0.05, 0.1) is 11.2 Å². The summed E-state index contributed by atoms with van der Waals surface area (Å²) >= 11 is 0. The molecule has 3 heterocycles. The number of hydrogen-bond donors (Lipinski definition) is 3. The van der Waals surface area contributed by atoms with Gasteiger partial charge in [0, 0.05) is 23.3 Å². The largest absolute Gasteiger partial charge is 0.384 e. The molecule has 8 nitrogen and oxygen atoms in total. The molecule has 0 unspecified atom stereocenters. The normalized spacial score (nSPS) is 11.9. The van der Waals surface area contributed by atoms with Crippen LogP contribution in [0.15, 0.2) is 65.9 Å². The standard InChI is InChI=1S/C24H19FN8/c1-13-32-23-17(24(28)31-12-26)9-15(14-5-7-29-21(27)11-14)10-20(23)33(13)19-6-8-30-22-16(19)3-2-4-18(22)25/h2-12H,1H3,(H2,27,29)(H3,26,28,31). The maximum atomic E-state index is 14.4. The van der Waals surface area contributed by atoms with Gasteiger partial charge in [-0.05, 0) is 54.4 Å². The summed E-state index contributed by atoms with van der Waals surface area (Å²) in [4.78, 5) is 17.0. The van der Waals surface area contributed by atoms with Crippen molar-refractivity contribution in [1.82, 2.24) is 19.5 Å². The highest BCUT2D eigenvalue weighted by Crippen LogP contribution is 2.33. The van der Waals surface area contributed by atoms with Crippen molar-refractivity contribution in [3.63, 3.8) is 0 Å². The second kappa shape index (κ2) is 7.79. The predicted molar refractivity (Wildman–Crippen MR) is 128 cm³/mol. The number of anilines is 1. The van der Waals surface area contributed by atoms with Gasteiger partial charge in [-0.15, -0.1) is 0 Å². The molecule has 3 aromatic heterocycles. The number of aryl methyl sites for hydroxylation is 1. The lowest BCUT2D eigenvalue weighted by Gasteiger charge is -2.12. The Bertz CT molecular complexity index is 1590. The first-order valence-electron chi connectivity index (χ1n) is 10.1. The van der Waals surface area contributed by atoms with E-state index in [1.807, 2.05) is 41.8 Å². The van der Waals surface area contributed by atoms with Gasteiger partial charge in [-0.25, -0.2) is 19.4 Å². The average Bonchev–Trinajstić information content (AvgIpc) is 3.14. The molecule has 9 heteroatoms. The van der Waals surface area contributed by atoms with Gasteiger partial charge in [-0.1, -0.05) is 12.1 Å². The number of hydrogen-bond acceptors (Lipinski definition) is 5. The molecule has 0 radical (unpaired) electrons. The number of benzene rings is 2. The summed E-state index contributed by atoms with van der Waals surface area (Å²) in [5.41, 5.74) is 16.7. The van der Waals surface area contributed by atoms with E-state index in [2.05, 4.69) is 15.0 Å². The quantitative estimate of drug-likeness (QED) is 0.288. The minimum absolute atomic E-state index is 0.161. The molecule has 0 aliphatic rings. The molecule has 0 spiro atoms. The van der Waals surface area contributed by atoms with E-state index in [9.17, 15) is 4.39 Å². The Balaban J connectivity index is 1.89. The van der Waals surface area contributed by atoms with Gasteiger partial charge in [0.2, 0.25) is 0 Å². The highest BCUT2D eigenvalue weighted by molar-refractivity contribution is 6.11. The van der Waals surface area contributed by atoms with Crippen molar-refractivity contribution in [3.05, 3.63) is 78.1 Å². The summed E-state index contributed by atoms with van der Waals surface area (Å²) in [5, 5.41) is 8.00. The van der Waals surface area contributed by atoms with Crippen LogP contribution in [0.3, 0.4) is 0 Å².